The molecule has 0 aromatic carbocycles. The zero-order chi connectivity index (χ0) is 12.4. The predicted molar refractivity (Wildman–Crippen MR) is 71.4 cm³/mol. The van der Waals surface area contributed by atoms with Gasteiger partial charge in [-0.25, -0.2) is 0 Å². The topological polar surface area (TPSA) is 46.3 Å². The minimum absolute atomic E-state index is 0.138. The molecule has 1 fully saturated rings. The number of nitrogens with zero attached hydrogens (tertiary/aromatic N) is 1. The van der Waals surface area contributed by atoms with Gasteiger partial charge < -0.3 is 10.6 Å². The van der Waals surface area contributed by atoms with Gasteiger partial charge in [0.2, 0.25) is 0 Å². The summed E-state index contributed by atoms with van der Waals surface area (Å²) in [7, 11) is 1.89. The number of likely N-dealkylation sites (N-methyl/N-ethyl adjacent to an activating group) is 1. The maximum absolute atomic E-state index is 12.4. The lowest BCUT2D eigenvalue weighted by atomic mass is 10.1. The monoisotopic (exact) mass is 252 g/mol. The van der Waals surface area contributed by atoms with Crippen molar-refractivity contribution >= 4 is 17.2 Å². The lowest BCUT2D eigenvalue weighted by molar-refractivity contribution is 0.0722. The van der Waals surface area contributed by atoms with Crippen LogP contribution in [0.5, 0.6) is 0 Å². The van der Waals surface area contributed by atoms with Crippen molar-refractivity contribution in [1.82, 2.24) is 4.90 Å². The predicted octanol–water partition coefficient (Wildman–Crippen LogP) is 2.12. The quantitative estimate of drug-likeness (QED) is 0.872. The Morgan fingerprint density at radius 1 is 1.65 bits per heavy atom. The molecule has 0 radical (unpaired) electrons. The van der Waals surface area contributed by atoms with Crippen molar-refractivity contribution in [2.75, 3.05) is 13.6 Å². The summed E-state index contributed by atoms with van der Waals surface area (Å²) in [6, 6.07) is 2.26. The van der Waals surface area contributed by atoms with E-state index in [2.05, 4.69) is 6.92 Å². The molecule has 1 aliphatic rings. The molecule has 0 spiro atoms. The molecule has 0 aliphatic heterocycles. The first-order valence-corrected chi connectivity index (χ1v) is 7.10. The van der Waals surface area contributed by atoms with Crippen LogP contribution >= 0.6 is 11.3 Å². The highest BCUT2D eigenvalue weighted by atomic mass is 32.1. The van der Waals surface area contributed by atoms with Gasteiger partial charge in [-0.15, -0.1) is 11.3 Å². The normalized spacial score (nSPS) is 16.9. The van der Waals surface area contributed by atoms with E-state index >= 15 is 0 Å². The first kappa shape index (κ1) is 12.6. The van der Waals surface area contributed by atoms with Crippen LogP contribution in [0.4, 0.5) is 0 Å². The second-order valence-corrected chi connectivity index (χ2v) is 5.60. The molecule has 1 atom stereocenters. The van der Waals surface area contributed by atoms with E-state index in [0.717, 1.165) is 16.9 Å². The molecule has 1 aliphatic carbocycles. The van der Waals surface area contributed by atoms with Gasteiger partial charge in [-0.3, -0.25) is 4.79 Å². The van der Waals surface area contributed by atoms with Gasteiger partial charge in [0.15, 0.2) is 0 Å². The summed E-state index contributed by atoms with van der Waals surface area (Å²) >= 11 is 1.54. The molecule has 1 aromatic heterocycles. The summed E-state index contributed by atoms with van der Waals surface area (Å²) < 4.78 is 0. The SMILES string of the molecule is CCc1ccsc1C(=O)N(C)C(CN)C1CC1. The van der Waals surface area contributed by atoms with E-state index in [1.165, 1.54) is 24.2 Å². The van der Waals surface area contributed by atoms with Gasteiger partial charge in [0, 0.05) is 19.6 Å². The summed E-state index contributed by atoms with van der Waals surface area (Å²) in [6.07, 6.45) is 3.34. The van der Waals surface area contributed by atoms with E-state index in [1.54, 1.807) is 0 Å². The molecule has 0 saturated heterocycles. The zero-order valence-corrected chi connectivity index (χ0v) is 11.3. The minimum Gasteiger partial charge on any atom is -0.336 e. The van der Waals surface area contributed by atoms with Crippen LogP contribution in [-0.2, 0) is 6.42 Å². The first-order valence-electron chi connectivity index (χ1n) is 6.22. The van der Waals surface area contributed by atoms with Crippen LogP contribution in [0.25, 0.3) is 0 Å². The fourth-order valence-electron chi connectivity index (χ4n) is 2.26. The lowest BCUT2D eigenvalue weighted by Crippen LogP contribution is -2.43. The number of nitrogens with two attached hydrogens (primary N) is 1. The van der Waals surface area contributed by atoms with Gasteiger partial charge in [0.05, 0.1) is 4.88 Å². The fourth-order valence-corrected chi connectivity index (χ4v) is 3.24. The molecule has 2 N–H and O–H groups in total. The van der Waals surface area contributed by atoms with Crippen LogP contribution in [0.15, 0.2) is 11.4 Å². The second kappa shape index (κ2) is 5.19. The van der Waals surface area contributed by atoms with E-state index in [1.807, 2.05) is 23.4 Å². The Morgan fingerprint density at radius 2 is 2.35 bits per heavy atom. The summed E-state index contributed by atoms with van der Waals surface area (Å²) in [5, 5.41) is 1.99. The average molecular weight is 252 g/mol. The van der Waals surface area contributed by atoms with Gasteiger partial charge in [-0.2, -0.15) is 0 Å². The number of hydrogen-bond acceptors (Lipinski definition) is 3. The lowest BCUT2D eigenvalue weighted by Gasteiger charge is -2.27. The molecule has 0 bridgehead atoms. The number of rotatable bonds is 5. The van der Waals surface area contributed by atoms with E-state index in [9.17, 15) is 4.79 Å². The Bertz CT molecular complexity index is 398. The molecule has 1 unspecified atom stereocenters. The Kier molecular flexibility index (Phi) is 3.84. The van der Waals surface area contributed by atoms with Crippen LogP contribution in [0, 0.1) is 5.92 Å². The Labute approximate surface area is 107 Å². The first-order chi connectivity index (χ1) is 8.19. The Morgan fingerprint density at radius 3 is 2.88 bits per heavy atom. The van der Waals surface area contributed by atoms with E-state index in [4.69, 9.17) is 5.73 Å². The highest BCUT2D eigenvalue weighted by Gasteiger charge is 2.35. The maximum atomic E-state index is 12.4. The summed E-state index contributed by atoms with van der Waals surface area (Å²) in [4.78, 5) is 15.1. The number of hydrogen-bond donors (Lipinski definition) is 1. The van der Waals surface area contributed by atoms with E-state index < -0.39 is 0 Å². The second-order valence-electron chi connectivity index (χ2n) is 4.69. The molecule has 1 aromatic rings. The molecule has 17 heavy (non-hydrogen) atoms. The largest absolute Gasteiger partial charge is 0.336 e. The molecule has 1 heterocycles. The van der Waals surface area contributed by atoms with Gasteiger partial charge in [0.1, 0.15) is 0 Å². The number of thiophene rings is 1. The highest BCUT2D eigenvalue weighted by Crippen LogP contribution is 2.35. The van der Waals surface area contributed by atoms with Gasteiger partial charge in [0.25, 0.3) is 5.91 Å². The average Bonchev–Trinajstić information content (AvgIpc) is 3.05. The smallest absolute Gasteiger partial charge is 0.264 e. The number of aryl methyl sites for hydroxylation is 1. The molecule has 94 valence electrons. The van der Waals surface area contributed by atoms with Crippen molar-refractivity contribution in [2.45, 2.75) is 32.2 Å². The van der Waals surface area contributed by atoms with Gasteiger partial charge >= 0.3 is 0 Å². The third-order valence-electron chi connectivity index (χ3n) is 3.55. The van der Waals surface area contributed by atoms with Crippen molar-refractivity contribution in [3.8, 4) is 0 Å². The Hall–Kier alpha value is -0.870. The molecule has 3 nitrogen and oxygen atoms in total. The molecule has 4 heteroatoms. The highest BCUT2D eigenvalue weighted by molar-refractivity contribution is 7.12. The van der Waals surface area contributed by atoms with Crippen molar-refractivity contribution < 1.29 is 4.79 Å². The number of amides is 1. The van der Waals surface area contributed by atoms with Crippen molar-refractivity contribution in [2.24, 2.45) is 11.7 Å². The van der Waals surface area contributed by atoms with Gasteiger partial charge in [-0.1, -0.05) is 6.92 Å². The summed E-state index contributed by atoms with van der Waals surface area (Å²) in [5.74, 6) is 0.762. The third-order valence-corrected chi connectivity index (χ3v) is 4.49. The van der Waals surface area contributed by atoms with E-state index in [-0.39, 0.29) is 11.9 Å². The molecule has 1 amide bonds. The zero-order valence-electron chi connectivity index (χ0n) is 10.5. The standard InChI is InChI=1S/C13H20N2OS/c1-3-9-6-7-17-12(9)13(16)15(2)11(8-14)10-4-5-10/h6-7,10-11H,3-5,8,14H2,1-2H3. The van der Waals surface area contributed by atoms with Crippen LogP contribution < -0.4 is 5.73 Å². The van der Waals surface area contributed by atoms with Gasteiger partial charge in [-0.05, 0) is 42.2 Å². The molecular formula is C13H20N2OS. The maximum Gasteiger partial charge on any atom is 0.264 e. The Balaban J connectivity index is 2.13. The summed E-state index contributed by atoms with van der Waals surface area (Å²) in [6.45, 7) is 2.65. The molecule has 2 rings (SSSR count). The minimum atomic E-state index is 0.138. The molecule has 1 saturated carbocycles. The molecular weight excluding hydrogens is 232 g/mol. The van der Waals surface area contributed by atoms with E-state index in [0.29, 0.717) is 12.5 Å². The third kappa shape index (κ3) is 2.53. The van der Waals surface area contributed by atoms with Crippen molar-refractivity contribution in [3.05, 3.63) is 21.9 Å². The van der Waals surface area contributed by atoms with Crippen molar-refractivity contribution in [3.63, 3.8) is 0 Å². The number of carbonyl (C=O) groups excluding carboxylic acids is 1. The summed E-state index contributed by atoms with van der Waals surface area (Å²) in [5.41, 5.74) is 6.94. The number of carbonyl (C=O) groups is 1. The van der Waals surface area contributed by atoms with Crippen molar-refractivity contribution in [1.29, 1.82) is 0 Å². The van der Waals surface area contributed by atoms with Crippen LogP contribution in [0.3, 0.4) is 0 Å². The van der Waals surface area contributed by atoms with Crippen LogP contribution in [-0.4, -0.2) is 30.4 Å². The fraction of sp³-hybridized carbons (Fsp3) is 0.615. The van der Waals surface area contributed by atoms with Crippen LogP contribution in [0.2, 0.25) is 0 Å². The van der Waals surface area contributed by atoms with Crippen LogP contribution in [0.1, 0.15) is 35.0 Å².